The van der Waals surface area contributed by atoms with E-state index in [1.165, 1.54) is 12.1 Å². The van der Waals surface area contributed by atoms with Crippen LogP contribution in [0.25, 0.3) is 0 Å². The number of nitro benzene ring substituents is 1. The second kappa shape index (κ2) is 6.99. The first-order valence-corrected chi connectivity index (χ1v) is 7.56. The maximum Gasteiger partial charge on any atom is 0.270 e. The maximum atomic E-state index is 12.2. The van der Waals surface area contributed by atoms with E-state index in [9.17, 15) is 23.3 Å². The smallest absolute Gasteiger partial charge is 0.270 e. The fourth-order valence-corrected chi connectivity index (χ4v) is 2.80. The van der Waals surface area contributed by atoms with Crippen molar-refractivity contribution in [2.75, 3.05) is 18.4 Å². The van der Waals surface area contributed by atoms with Crippen LogP contribution >= 0.6 is 0 Å². The number of hydrogen-bond acceptors (Lipinski definition) is 6. The number of nitrogens with two attached hydrogens (primary N) is 1. The zero-order chi connectivity index (χ0) is 16.0. The van der Waals surface area contributed by atoms with Crippen LogP contribution in [0, 0.1) is 10.1 Å². The minimum absolute atomic E-state index is 0.162. The summed E-state index contributed by atoms with van der Waals surface area (Å²) in [5.74, 6) is -0.649. The molecule has 0 heterocycles. The topological polar surface area (TPSA) is 144 Å². The summed E-state index contributed by atoms with van der Waals surface area (Å²) >= 11 is 0. The molecule has 21 heavy (non-hydrogen) atoms. The standard InChI is InChI=1S/C11H16N4O5S/c1-2-13-9-4-3-8(15(17)18)7-10(9)21(19,20)14-6-5-11(12)16/h3-4,7,13-14H,2,5-6H2,1H3,(H2,12,16). The molecular weight excluding hydrogens is 300 g/mol. The van der Waals surface area contributed by atoms with Gasteiger partial charge in [0, 0.05) is 31.6 Å². The van der Waals surface area contributed by atoms with Crippen LogP contribution in [0.2, 0.25) is 0 Å². The number of primary amides is 1. The number of benzene rings is 1. The zero-order valence-electron chi connectivity index (χ0n) is 11.3. The van der Waals surface area contributed by atoms with Gasteiger partial charge in [-0.15, -0.1) is 0 Å². The Morgan fingerprint density at radius 1 is 1.43 bits per heavy atom. The van der Waals surface area contributed by atoms with Gasteiger partial charge in [-0.25, -0.2) is 13.1 Å². The minimum Gasteiger partial charge on any atom is -0.384 e. The zero-order valence-corrected chi connectivity index (χ0v) is 12.1. The number of amides is 1. The SMILES string of the molecule is CCNc1ccc([N+](=O)[O-])cc1S(=O)(=O)NCCC(N)=O. The highest BCUT2D eigenvalue weighted by molar-refractivity contribution is 7.89. The fraction of sp³-hybridized carbons (Fsp3) is 0.364. The molecule has 10 heteroatoms. The number of nitrogens with one attached hydrogen (secondary N) is 2. The molecule has 0 spiro atoms. The van der Waals surface area contributed by atoms with Crippen molar-refractivity contribution >= 4 is 27.3 Å². The van der Waals surface area contributed by atoms with Crippen LogP contribution in [-0.2, 0) is 14.8 Å². The van der Waals surface area contributed by atoms with Gasteiger partial charge in [-0.1, -0.05) is 0 Å². The molecule has 1 amide bonds. The minimum atomic E-state index is -3.99. The molecule has 1 aromatic carbocycles. The Morgan fingerprint density at radius 2 is 2.10 bits per heavy atom. The van der Waals surface area contributed by atoms with Crippen molar-refractivity contribution in [3.05, 3.63) is 28.3 Å². The Labute approximate surface area is 121 Å². The first-order chi connectivity index (χ1) is 9.77. The lowest BCUT2D eigenvalue weighted by molar-refractivity contribution is -0.385. The van der Waals surface area contributed by atoms with Crippen molar-refractivity contribution in [1.29, 1.82) is 0 Å². The molecule has 0 aliphatic carbocycles. The number of nitro groups is 1. The fourth-order valence-electron chi connectivity index (χ4n) is 1.57. The summed E-state index contributed by atoms with van der Waals surface area (Å²) in [6, 6.07) is 3.50. The lowest BCUT2D eigenvalue weighted by atomic mass is 10.3. The predicted molar refractivity (Wildman–Crippen MR) is 76.3 cm³/mol. The highest BCUT2D eigenvalue weighted by atomic mass is 32.2. The van der Waals surface area contributed by atoms with Gasteiger partial charge in [-0.05, 0) is 13.0 Å². The molecule has 0 fully saturated rings. The van der Waals surface area contributed by atoms with E-state index in [0.29, 0.717) is 6.54 Å². The van der Waals surface area contributed by atoms with E-state index in [4.69, 9.17) is 5.73 Å². The van der Waals surface area contributed by atoms with E-state index in [1.54, 1.807) is 6.92 Å². The molecule has 0 bridgehead atoms. The third-order valence-electron chi connectivity index (χ3n) is 2.50. The van der Waals surface area contributed by atoms with Gasteiger partial charge in [0.2, 0.25) is 15.9 Å². The van der Waals surface area contributed by atoms with Crippen molar-refractivity contribution in [1.82, 2.24) is 4.72 Å². The van der Waals surface area contributed by atoms with Gasteiger partial charge in [0.15, 0.2) is 0 Å². The van der Waals surface area contributed by atoms with Crippen molar-refractivity contribution in [2.24, 2.45) is 5.73 Å². The molecule has 4 N–H and O–H groups in total. The first-order valence-electron chi connectivity index (χ1n) is 6.08. The molecule has 0 atom stereocenters. The second-order valence-corrected chi connectivity index (χ2v) is 5.82. The van der Waals surface area contributed by atoms with Crippen LogP contribution in [0.3, 0.4) is 0 Å². The quantitative estimate of drug-likeness (QED) is 0.461. The molecular formula is C11H16N4O5S. The normalized spacial score (nSPS) is 11.1. The van der Waals surface area contributed by atoms with Crippen molar-refractivity contribution < 1.29 is 18.1 Å². The average molecular weight is 316 g/mol. The van der Waals surface area contributed by atoms with E-state index in [1.807, 2.05) is 0 Å². The number of non-ortho nitro benzene ring substituents is 1. The van der Waals surface area contributed by atoms with Gasteiger partial charge in [0.1, 0.15) is 4.90 Å². The summed E-state index contributed by atoms with van der Waals surface area (Å²) in [6.45, 7) is 2.03. The Bertz CT molecular complexity index is 644. The monoisotopic (exact) mass is 316 g/mol. The van der Waals surface area contributed by atoms with Gasteiger partial charge < -0.3 is 11.1 Å². The van der Waals surface area contributed by atoms with Crippen LogP contribution in [0.1, 0.15) is 13.3 Å². The summed E-state index contributed by atoms with van der Waals surface area (Å²) < 4.78 is 26.5. The lowest BCUT2D eigenvalue weighted by Crippen LogP contribution is -2.28. The van der Waals surface area contributed by atoms with E-state index < -0.39 is 20.9 Å². The molecule has 0 unspecified atom stereocenters. The van der Waals surface area contributed by atoms with Gasteiger partial charge in [0.05, 0.1) is 10.6 Å². The number of sulfonamides is 1. The van der Waals surface area contributed by atoms with Crippen LogP contribution in [0.4, 0.5) is 11.4 Å². The van der Waals surface area contributed by atoms with Crippen LogP contribution < -0.4 is 15.8 Å². The summed E-state index contributed by atoms with van der Waals surface area (Å²) in [5.41, 5.74) is 4.83. The molecule has 0 aliphatic rings. The number of nitrogens with zero attached hydrogens (tertiary/aromatic N) is 1. The molecule has 9 nitrogen and oxygen atoms in total. The first kappa shape index (κ1) is 16.9. The Hall–Kier alpha value is -2.20. The van der Waals surface area contributed by atoms with E-state index in [0.717, 1.165) is 6.07 Å². The molecule has 0 aromatic heterocycles. The summed E-state index contributed by atoms with van der Waals surface area (Å²) in [4.78, 5) is 20.5. The summed E-state index contributed by atoms with van der Waals surface area (Å²) in [6.07, 6.45) is -0.162. The number of hydrogen-bond donors (Lipinski definition) is 3. The highest BCUT2D eigenvalue weighted by Crippen LogP contribution is 2.26. The molecule has 1 aromatic rings. The molecule has 0 saturated carbocycles. The van der Waals surface area contributed by atoms with Gasteiger partial charge in [0.25, 0.3) is 5.69 Å². The molecule has 0 radical (unpaired) electrons. The predicted octanol–water partition coefficient (Wildman–Crippen LogP) is 0.180. The molecule has 116 valence electrons. The highest BCUT2D eigenvalue weighted by Gasteiger charge is 2.22. The number of carbonyl (C=O) groups excluding carboxylic acids is 1. The Morgan fingerprint density at radius 3 is 2.62 bits per heavy atom. The van der Waals surface area contributed by atoms with E-state index in [2.05, 4.69) is 10.0 Å². The van der Waals surface area contributed by atoms with Gasteiger partial charge in [-0.2, -0.15) is 0 Å². The molecule has 1 rings (SSSR count). The number of anilines is 1. The molecule has 0 saturated heterocycles. The van der Waals surface area contributed by atoms with Crippen molar-refractivity contribution in [3.8, 4) is 0 Å². The lowest BCUT2D eigenvalue weighted by Gasteiger charge is -2.12. The van der Waals surface area contributed by atoms with Crippen molar-refractivity contribution in [2.45, 2.75) is 18.2 Å². The van der Waals surface area contributed by atoms with Crippen LogP contribution in [0.5, 0.6) is 0 Å². The van der Waals surface area contributed by atoms with Gasteiger partial charge in [-0.3, -0.25) is 14.9 Å². The Kier molecular flexibility index (Phi) is 5.61. The average Bonchev–Trinajstić information content (AvgIpc) is 2.38. The Balaban J connectivity index is 3.14. The van der Waals surface area contributed by atoms with E-state index >= 15 is 0 Å². The van der Waals surface area contributed by atoms with Gasteiger partial charge >= 0.3 is 0 Å². The number of rotatable bonds is 8. The van der Waals surface area contributed by atoms with E-state index in [-0.39, 0.29) is 29.2 Å². The molecule has 0 aliphatic heterocycles. The van der Waals surface area contributed by atoms with Crippen LogP contribution in [-0.4, -0.2) is 32.3 Å². The largest absolute Gasteiger partial charge is 0.384 e. The maximum absolute atomic E-state index is 12.2. The third kappa shape index (κ3) is 4.68. The number of carbonyl (C=O) groups is 1. The third-order valence-corrected chi connectivity index (χ3v) is 4.00. The van der Waals surface area contributed by atoms with Crippen molar-refractivity contribution in [3.63, 3.8) is 0 Å². The summed E-state index contributed by atoms with van der Waals surface area (Å²) in [7, 11) is -3.99. The summed E-state index contributed by atoms with van der Waals surface area (Å²) in [5, 5.41) is 13.6. The van der Waals surface area contributed by atoms with Crippen LogP contribution in [0.15, 0.2) is 23.1 Å². The second-order valence-electron chi connectivity index (χ2n) is 4.08.